The lowest BCUT2D eigenvalue weighted by Gasteiger charge is -2.13. The molecule has 0 radical (unpaired) electrons. The fourth-order valence-corrected chi connectivity index (χ4v) is 3.03. The molecule has 2 aromatic rings. The summed E-state index contributed by atoms with van der Waals surface area (Å²) in [5.74, 6) is 0.671. The van der Waals surface area contributed by atoms with Gasteiger partial charge in [0.2, 0.25) is 5.91 Å². The molecule has 0 saturated heterocycles. The SMILES string of the molecule is C=CCn1c(C)nnc1S[C@H](C)C(=O)Nc1ccc(OC)cc1[N+](=O)[O-]. The summed E-state index contributed by atoms with van der Waals surface area (Å²) in [7, 11) is 1.41. The van der Waals surface area contributed by atoms with E-state index in [0.29, 0.717) is 23.3 Å². The third-order valence-electron chi connectivity index (χ3n) is 3.52. The molecule has 26 heavy (non-hydrogen) atoms. The molecular weight excluding hydrogens is 358 g/mol. The molecule has 1 heterocycles. The van der Waals surface area contributed by atoms with Gasteiger partial charge in [0.15, 0.2) is 5.16 Å². The number of nitrogens with one attached hydrogen (secondary N) is 1. The second-order valence-corrected chi connectivity index (χ2v) is 6.63. The quantitative estimate of drug-likeness (QED) is 0.326. The molecule has 138 valence electrons. The van der Waals surface area contributed by atoms with Crippen molar-refractivity contribution in [1.29, 1.82) is 0 Å². The summed E-state index contributed by atoms with van der Waals surface area (Å²) >= 11 is 1.22. The summed E-state index contributed by atoms with van der Waals surface area (Å²) in [4.78, 5) is 23.1. The van der Waals surface area contributed by atoms with E-state index in [1.165, 1.54) is 31.0 Å². The van der Waals surface area contributed by atoms with Crippen molar-refractivity contribution in [2.75, 3.05) is 12.4 Å². The number of aryl methyl sites for hydroxylation is 1. The van der Waals surface area contributed by atoms with Crippen molar-refractivity contribution in [2.24, 2.45) is 0 Å². The van der Waals surface area contributed by atoms with Gasteiger partial charge in [-0.15, -0.1) is 16.8 Å². The number of hydrogen-bond donors (Lipinski definition) is 1. The molecule has 1 N–H and O–H groups in total. The Balaban J connectivity index is 2.15. The van der Waals surface area contributed by atoms with Gasteiger partial charge in [-0.25, -0.2) is 0 Å². The lowest BCUT2D eigenvalue weighted by atomic mass is 10.2. The molecule has 9 nitrogen and oxygen atoms in total. The molecule has 1 aromatic heterocycles. The Bertz CT molecular complexity index is 836. The smallest absolute Gasteiger partial charge is 0.296 e. The number of benzene rings is 1. The number of anilines is 1. The fraction of sp³-hybridized carbons (Fsp3) is 0.312. The van der Waals surface area contributed by atoms with Crippen LogP contribution >= 0.6 is 11.8 Å². The van der Waals surface area contributed by atoms with Crippen molar-refractivity contribution < 1.29 is 14.5 Å². The number of nitro benzene ring substituents is 1. The molecule has 10 heteroatoms. The van der Waals surface area contributed by atoms with Gasteiger partial charge in [-0.05, 0) is 26.0 Å². The van der Waals surface area contributed by atoms with Crippen molar-refractivity contribution >= 4 is 29.0 Å². The first-order valence-corrected chi connectivity index (χ1v) is 8.56. The van der Waals surface area contributed by atoms with Crippen LogP contribution in [0, 0.1) is 17.0 Å². The fourth-order valence-electron chi connectivity index (χ4n) is 2.13. The van der Waals surface area contributed by atoms with Crippen LogP contribution in [0.4, 0.5) is 11.4 Å². The van der Waals surface area contributed by atoms with Crippen molar-refractivity contribution in [2.45, 2.75) is 30.8 Å². The lowest BCUT2D eigenvalue weighted by molar-refractivity contribution is -0.384. The molecular formula is C16H19N5O4S. The van der Waals surface area contributed by atoms with Crippen LogP contribution in [0.3, 0.4) is 0 Å². The zero-order chi connectivity index (χ0) is 19.3. The predicted molar refractivity (Wildman–Crippen MR) is 98.6 cm³/mol. The first-order valence-electron chi connectivity index (χ1n) is 7.68. The summed E-state index contributed by atoms with van der Waals surface area (Å²) in [5, 5.41) is 21.9. The third-order valence-corrected chi connectivity index (χ3v) is 4.60. The molecule has 0 aliphatic heterocycles. The lowest BCUT2D eigenvalue weighted by Crippen LogP contribution is -2.23. The number of nitrogens with zero attached hydrogens (tertiary/aromatic N) is 4. The van der Waals surface area contributed by atoms with Gasteiger partial charge in [0.25, 0.3) is 5.69 Å². The van der Waals surface area contributed by atoms with Gasteiger partial charge in [-0.2, -0.15) is 0 Å². The molecule has 1 amide bonds. The molecule has 0 aliphatic carbocycles. The van der Waals surface area contributed by atoms with E-state index in [9.17, 15) is 14.9 Å². The van der Waals surface area contributed by atoms with Gasteiger partial charge in [-0.3, -0.25) is 14.9 Å². The van der Waals surface area contributed by atoms with Crippen LogP contribution < -0.4 is 10.1 Å². The number of allylic oxidation sites excluding steroid dienone is 1. The van der Waals surface area contributed by atoms with Crippen molar-refractivity contribution in [1.82, 2.24) is 14.8 Å². The zero-order valence-electron chi connectivity index (χ0n) is 14.6. The molecule has 0 bridgehead atoms. The van der Waals surface area contributed by atoms with Crippen LogP contribution in [0.5, 0.6) is 5.75 Å². The van der Waals surface area contributed by atoms with E-state index in [1.807, 2.05) is 11.5 Å². The first-order chi connectivity index (χ1) is 12.4. The number of rotatable bonds is 8. The second-order valence-electron chi connectivity index (χ2n) is 5.32. The van der Waals surface area contributed by atoms with Gasteiger partial charge in [0.05, 0.1) is 23.3 Å². The highest BCUT2D eigenvalue weighted by molar-refractivity contribution is 8.00. The normalized spacial score (nSPS) is 11.7. The second kappa shape index (κ2) is 8.48. The van der Waals surface area contributed by atoms with Crippen LogP contribution in [-0.4, -0.2) is 38.0 Å². The van der Waals surface area contributed by atoms with Crippen LogP contribution in [0.1, 0.15) is 12.7 Å². The van der Waals surface area contributed by atoms with Gasteiger partial charge < -0.3 is 14.6 Å². The maximum atomic E-state index is 12.5. The third kappa shape index (κ3) is 4.39. The largest absolute Gasteiger partial charge is 0.496 e. The molecule has 0 fully saturated rings. The minimum absolute atomic E-state index is 0.108. The molecule has 0 aliphatic rings. The number of hydrogen-bond acceptors (Lipinski definition) is 7. The molecule has 1 aromatic carbocycles. The number of carbonyl (C=O) groups excluding carboxylic acids is 1. The monoisotopic (exact) mass is 377 g/mol. The molecule has 0 saturated carbocycles. The number of aromatic nitrogens is 3. The minimum Gasteiger partial charge on any atom is -0.496 e. The Morgan fingerprint density at radius 3 is 2.88 bits per heavy atom. The number of methoxy groups -OCH3 is 1. The van der Waals surface area contributed by atoms with E-state index in [1.54, 1.807) is 19.1 Å². The van der Waals surface area contributed by atoms with Gasteiger partial charge in [-0.1, -0.05) is 17.8 Å². The summed E-state index contributed by atoms with van der Waals surface area (Å²) in [5.41, 5.74) is -0.127. The Morgan fingerprint density at radius 1 is 1.54 bits per heavy atom. The van der Waals surface area contributed by atoms with E-state index in [-0.39, 0.29) is 17.3 Å². The summed E-state index contributed by atoms with van der Waals surface area (Å²) in [6, 6.07) is 4.25. The van der Waals surface area contributed by atoms with Crippen LogP contribution in [0.25, 0.3) is 0 Å². The van der Waals surface area contributed by atoms with E-state index in [2.05, 4.69) is 22.1 Å². The van der Waals surface area contributed by atoms with Crippen LogP contribution in [0.15, 0.2) is 36.0 Å². The maximum absolute atomic E-state index is 12.5. The number of carbonyl (C=O) groups is 1. The van der Waals surface area contributed by atoms with Gasteiger partial charge in [0.1, 0.15) is 17.3 Å². The van der Waals surface area contributed by atoms with Crippen molar-refractivity contribution in [3.63, 3.8) is 0 Å². The molecule has 0 spiro atoms. The Hall–Kier alpha value is -2.88. The average Bonchev–Trinajstić information content (AvgIpc) is 2.95. The standard InChI is InChI=1S/C16H19N5O4S/c1-5-8-20-11(3)18-19-16(20)26-10(2)15(22)17-13-7-6-12(25-4)9-14(13)21(23)24/h5-7,9-10H,1,8H2,2-4H3,(H,17,22)/t10-/m1/s1. The first kappa shape index (κ1) is 19.4. The van der Waals surface area contributed by atoms with Gasteiger partial charge >= 0.3 is 0 Å². The maximum Gasteiger partial charge on any atom is 0.296 e. The predicted octanol–water partition coefficient (Wildman–Crippen LogP) is 2.81. The van der Waals surface area contributed by atoms with Crippen LogP contribution in [-0.2, 0) is 11.3 Å². The van der Waals surface area contributed by atoms with Crippen molar-refractivity contribution in [3.05, 3.63) is 46.8 Å². The van der Waals surface area contributed by atoms with E-state index in [4.69, 9.17) is 4.74 Å². The summed E-state index contributed by atoms with van der Waals surface area (Å²) in [6.07, 6.45) is 1.71. The highest BCUT2D eigenvalue weighted by Crippen LogP contribution is 2.30. The van der Waals surface area contributed by atoms with E-state index in [0.717, 1.165) is 0 Å². The molecule has 0 unspecified atom stereocenters. The van der Waals surface area contributed by atoms with Gasteiger partial charge in [0, 0.05) is 6.54 Å². The van der Waals surface area contributed by atoms with E-state index < -0.39 is 10.2 Å². The number of thioether (sulfide) groups is 1. The zero-order valence-corrected chi connectivity index (χ0v) is 15.4. The molecule has 1 atom stereocenters. The Morgan fingerprint density at radius 2 is 2.27 bits per heavy atom. The highest BCUT2D eigenvalue weighted by atomic mass is 32.2. The molecule has 2 rings (SSSR count). The number of amides is 1. The topological polar surface area (TPSA) is 112 Å². The van der Waals surface area contributed by atoms with Crippen molar-refractivity contribution in [3.8, 4) is 5.75 Å². The minimum atomic E-state index is -0.569. The Labute approximate surface area is 154 Å². The van der Waals surface area contributed by atoms with Crippen LogP contribution in [0.2, 0.25) is 0 Å². The highest BCUT2D eigenvalue weighted by Gasteiger charge is 2.22. The number of ether oxygens (including phenoxy) is 1. The average molecular weight is 377 g/mol. The van der Waals surface area contributed by atoms with E-state index >= 15 is 0 Å². The Kier molecular flexibility index (Phi) is 6.34. The summed E-state index contributed by atoms with van der Waals surface area (Å²) < 4.78 is 6.81. The summed E-state index contributed by atoms with van der Waals surface area (Å²) in [6.45, 7) is 7.72. The number of nitro groups is 1.